The summed E-state index contributed by atoms with van der Waals surface area (Å²) in [6.45, 7) is 0.503. The summed E-state index contributed by atoms with van der Waals surface area (Å²) >= 11 is 0. The Bertz CT molecular complexity index is 753. The third kappa shape index (κ3) is 3.02. The molecule has 0 aliphatic carbocycles. The topological polar surface area (TPSA) is 42.4 Å². The van der Waals surface area contributed by atoms with Gasteiger partial charge in [0.15, 0.2) is 6.29 Å². The number of pyridine rings is 1. The van der Waals surface area contributed by atoms with Gasteiger partial charge >= 0.3 is 6.18 Å². The fourth-order valence-electron chi connectivity index (χ4n) is 3.17. The zero-order valence-corrected chi connectivity index (χ0v) is 13.1. The molecule has 2 aromatic rings. The summed E-state index contributed by atoms with van der Waals surface area (Å²) in [6.07, 6.45) is -1.96. The van der Waals surface area contributed by atoms with Gasteiger partial charge in [0.25, 0.3) is 0 Å². The van der Waals surface area contributed by atoms with E-state index in [1.165, 1.54) is 13.3 Å². The second-order valence-corrected chi connectivity index (χ2v) is 5.87. The van der Waals surface area contributed by atoms with Gasteiger partial charge in [0.05, 0.1) is 29.8 Å². The van der Waals surface area contributed by atoms with E-state index in [-0.39, 0.29) is 25.9 Å². The first kappa shape index (κ1) is 16.5. The Kier molecular flexibility index (Phi) is 4.34. The Morgan fingerprint density at radius 3 is 2.58 bits per heavy atom. The van der Waals surface area contributed by atoms with Crippen LogP contribution in [0.3, 0.4) is 0 Å². The molecule has 0 amide bonds. The van der Waals surface area contributed by atoms with E-state index in [2.05, 4.69) is 4.98 Å². The number of halogens is 3. The maximum atomic E-state index is 12.9. The molecule has 1 aromatic carbocycles. The van der Waals surface area contributed by atoms with Crippen LogP contribution in [0.25, 0.3) is 10.9 Å². The van der Waals surface area contributed by atoms with Gasteiger partial charge in [-0.05, 0) is 31.0 Å². The highest BCUT2D eigenvalue weighted by atomic mass is 19.4. The van der Waals surface area contributed by atoms with E-state index in [9.17, 15) is 18.0 Å². The lowest BCUT2D eigenvalue weighted by atomic mass is 9.95. The van der Waals surface area contributed by atoms with Crippen molar-refractivity contribution < 1.29 is 22.7 Å². The molecule has 0 N–H and O–H groups in total. The van der Waals surface area contributed by atoms with Gasteiger partial charge in [-0.15, -0.1) is 0 Å². The number of aromatic nitrogens is 1. The van der Waals surface area contributed by atoms with E-state index in [0.29, 0.717) is 34.2 Å². The van der Waals surface area contributed by atoms with Gasteiger partial charge in [0.1, 0.15) is 5.75 Å². The molecule has 128 valence electrons. The van der Waals surface area contributed by atoms with Gasteiger partial charge in [-0.1, -0.05) is 0 Å². The highest BCUT2D eigenvalue weighted by molar-refractivity contribution is 6.01. The third-order valence-corrected chi connectivity index (χ3v) is 4.48. The highest BCUT2D eigenvalue weighted by Crippen LogP contribution is 2.38. The van der Waals surface area contributed by atoms with Crippen molar-refractivity contribution in [2.45, 2.75) is 19.0 Å². The standard InChI is InChI=1S/C17H17F3N2O2/c1-24-13-2-3-15-14(8-13)16(11(10-23)9-21-15)22-6-4-12(5-7-22)17(18,19)20/h2-3,8-10,12H,4-7H2,1H3. The molecule has 1 fully saturated rings. The van der Waals surface area contributed by atoms with E-state index in [0.717, 1.165) is 0 Å². The van der Waals surface area contributed by atoms with Crippen LogP contribution in [0.2, 0.25) is 0 Å². The van der Waals surface area contributed by atoms with Gasteiger partial charge in [-0.25, -0.2) is 0 Å². The number of fused-ring (bicyclic) bond motifs is 1. The van der Waals surface area contributed by atoms with E-state index in [1.54, 1.807) is 18.2 Å². The maximum absolute atomic E-state index is 12.9. The van der Waals surface area contributed by atoms with Crippen LogP contribution in [0.5, 0.6) is 5.75 Å². The number of alkyl halides is 3. The molecule has 0 radical (unpaired) electrons. The quantitative estimate of drug-likeness (QED) is 0.798. The average Bonchev–Trinajstić information content (AvgIpc) is 2.59. The minimum absolute atomic E-state index is 0.0234. The Morgan fingerprint density at radius 1 is 1.29 bits per heavy atom. The number of ether oxygens (including phenoxy) is 1. The van der Waals surface area contributed by atoms with Crippen LogP contribution in [0.15, 0.2) is 24.4 Å². The molecule has 0 spiro atoms. The molecular formula is C17H17F3N2O2. The van der Waals surface area contributed by atoms with E-state index in [4.69, 9.17) is 4.74 Å². The third-order valence-electron chi connectivity index (χ3n) is 4.48. The second kappa shape index (κ2) is 6.30. The Morgan fingerprint density at radius 2 is 2.00 bits per heavy atom. The Labute approximate surface area is 137 Å². The number of carbonyl (C=O) groups excluding carboxylic acids is 1. The molecule has 1 aliphatic rings. The van der Waals surface area contributed by atoms with Crippen LogP contribution < -0.4 is 9.64 Å². The van der Waals surface area contributed by atoms with E-state index < -0.39 is 12.1 Å². The lowest BCUT2D eigenvalue weighted by molar-refractivity contribution is -0.179. The largest absolute Gasteiger partial charge is 0.497 e. The number of anilines is 1. The van der Waals surface area contributed by atoms with Crippen molar-refractivity contribution in [2.24, 2.45) is 5.92 Å². The Hall–Kier alpha value is -2.31. The van der Waals surface area contributed by atoms with Crippen LogP contribution >= 0.6 is 0 Å². The molecule has 7 heteroatoms. The lowest BCUT2D eigenvalue weighted by Crippen LogP contribution is -2.39. The van der Waals surface area contributed by atoms with Crippen molar-refractivity contribution in [1.82, 2.24) is 4.98 Å². The number of nitrogens with zero attached hydrogens (tertiary/aromatic N) is 2. The van der Waals surface area contributed by atoms with Gasteiger partial charge < -0.3 is 9.64 Å². The molecule has 0 atom stereocenters. The molecule has 1 saturated heterocycles. The normalized spacial score (nSPS) is 16.4. The monoisotopic (exact) mass is 338 g/mol. The molecule has 0 bridgehead atoms. The van der Waals surface area contributed by atoms with Crippen molar-refractivity contribution in [1.29, 1.82) is 0 Å². The van der Waals surface area contributed by atoms with Crippen molar-refractivity contribution in [2.75, 3.05) is 25.1 Å². The maximum Gasteiger partial charge on any atom is 0.391 e. The van der Waals surface area contributed by atoms with Crippen molar-refractivity contribution in [3.63, 3.8) is 0 Å². The zero-order chi connectivity index (χ0) is 17.3. The number of rotatable bonds is 3. The van der Waals surface area contributed by atoms with E-state index >= 15 is 0 Å². The van der Waals surface area contributed by atoms with E-state index in [1.807, 2.05) is 4.90 Å². The molecule has 1 aliphatic heterocycles. The van der Waals surface area contributed by atoms with Crippen LogP contribution in [-0.2, 0) is 0 Å². The smallest absolute Gasteiger partial charge is 0.391 e. The molecule has 4 nitrogen and oxygen atoms in total. The minimum Gasteiger partial charge on any atom is -0.497 e. The Balaban J connectivity index is 2.00. The molecule has 2 heterocycles. The highest BCUT2D eigenvalue weighted by Gasteiger charge is 2.41. The van der Waals surface area contributed by atoms with Crippen LogP contribution in [0.4, 0.5) is 18.9 Å². The molecule has 1 aromatic heterocycles. The zero-order valence-electron chi connectivity index (χ0n) is 13.1. The fourth-order valence-corrected chi connectivity index (χ4v) is 3.17. The van der Waals surface area contributed by atoms with Crippen molar-refractivity contribution in [3.8, 4) is 5.75 Å². The minimum atomic E-state index is -4.16. The van der Waals surface area contributed by atoms with Crippen molar-refractivity contribution >= 4 is 22.9 Å². The van der Waals surface area contributed by atoms with Gasteiger partial charge in [-0.3, -0.25) is 9.78 Å². The van der Waals surface area contributed by atoms with Crippen LogP contribution in [0, 0.1) is 5.92 Å². The summed E-state index contributed by atoms with van der Waals surface area (Å²) in [5.41, 5.74) is 1.69. The van der Waals surface area contributed by atoms with Gasteiger partial charge in [0.2, 0.25) is 0 Å². The molecule has 3 rings (SSSR count). The molecular weight excluding hydrogens is 321 g/mol. The number of piperidine rings is 1. The van der Waals surface area contributed by atoms with Crippen LogP contribution in [0.1, 0.15) is 23.2 Å². The first-order valence-corrected chi connectivity index (χ1v) is 7.67. The molecule has 24 heavy (non-hydrogen) atoms. The number of hydrogen-bond acceptors (Lipinski definition) is 4. The summed E-state index contributed by atoms with van der Waals surface area (Å²) in [4.78, 5) is 17.5. The number of benzene rings is 1. The summed E-state index contributed by atoms with van der Waals surface area (Å²) in [7, 11) is 1.53. The predicted octanol–water partition coefficient (Wildman–Crippen LogP) is 3.83. The second-order valence-electron chi connectivity index (χ2n) is 5.87. The van der Waals surface area contributed by atoms with Crippen molar-refractivity contribution in [3.05, 3.63) is 30.0 Å². The summed E-state index contributed by atoms with van der Waals surface area (Å²) in [5.74, 6) is -0.671. The predicted molar refractivity (Wildman–Crippen MR) is 84.7 cm³/mol. The van der Waals surface area contributed by atoms with Gasteiger partial charge in [0, 0.05) is 24.7 Å². The summed E-state index contributed by atoms with van der Waals surface area (Å²) < 4.78 is 43.8. The number of aldehydes is 1. The number of carbonyl (C=O) groups is 1. The lowest BCUT2D eigenvalue weighted by Gasteiger charge is -2.35. The average molecular weight is 338 g/mol. The molecule has 0 unspecified atom stereocenters. The summed E-state index contributed by atoms with van der Waals surface area (Å²) in [5, 5.41) is 0.712. The first-order valence-electron chi connectivity index (χ1n) is 7.67. The van der Waals surface area contributed by atoms with Gasteiger partial charge in [-0.2, -0.15) is 13.2 Å². The summed E-state index contributed by atoms with van der Waals surface area (Å²) in [6, 6.07) is 5.30. The number of methoxy groups -OCH3 is 1. The van der Waals surface area contributed by atoms with Crippen LogP contribution in [-0.4, -0.2) is 37.6 Å². The first-order chi connectivity index (χ1) is 11.4. The SMILES string of the molecule is COc1ccc2ncc(C=O)c(N3CCC(C(F)(F)F)CC3)c2c1. The fraction of sp³-hybridized carbons (Fsp3) is 0.412. The molecule has 0 saturated carbocycles. The number of hydrogen-bond donors (Lipinski definition) is 0.